The van der Waals surface area contributed by atoms with E-state index in [9.17, 15) is 9.59 Å². The standard InChI is InChI=1S/C18H15N3O3.Li.H/c1-12-8-16(22)21(20-17(12)15-6-3-7-19-10-15)11-13-4-2-5-14(9-13)18(23)24;;/h2-10H,11H2,1H3,(H,23,24);;/q;+1;-1. The number of aromatic carboxylic acids is 1. The first-order valence-electron chi connectivity index (χ1n) is 7.36. The molecule has 0 saturated heterocycles. The van der Waals surface area contributed by atoms with Crippen molar-refractivity contribution < 1.29 is 30.2 Å². The fourth-order valence-corrected chi connectivity index (χ4v) is 2.45. The molecular weight excluding hydrogens is 313 g/mol. The summed E-state index contributed by atoms with van der Waals surface area (Å²) in [4.78, 5) is 27.4. The number of carbonyl (C=O) groups is 1. The minimum absolute atomic E-state index is 0. The molecule has 0 aliphatic heterocycles. The Morgan fingerprint density at radius 2 is 2.04 bits per heavy atom. The molecule has 25 heavy (non-hydrogen) atoms. The first-order chi connectivity index (χ1) is 11.5. The molecule has 1 aromatic carbocycles. The van der Waals surface area contributed by atoms with Gasteiger partial charge in [0.15, 0.2) is 0 Å². The van der Waals surface area contributed by atoms with Crippen LogP contribution in [0.3, 0.4) is 0 Å². The molecule has 3 rings (SSSR count). The monoisotopic (exact) mass is 329 g/mol. The Morgan fingerprint density at radius 3 is 2.72 bits per heavy atom. The van der Waals surface area contributed by atoms with E-state index in [0.29, 0.717) is 11.3 Å². The minimum atomic E-state index is -1.00. The quantitative estimate of drug-likeness (QED) is 0.651. The fourth-order valence-electron chi connectivity index (χ4n) is 2.45. The SMILES string of the molecule is Cc1cc(=O)n(Cc2cccc(C(=O)O)c2)nc1-c1cccnc1.[H-].[Li+]. The van der Waals surface area contributed by atoms with Gasteiger partial charge in [0.25, 0.3) is 5.56 Å². The molecule has 0 atom stereocenters. The Labute approximate surface area is 157 Å². The van der Waals surface area contributed by atoms with Crippen LogP contribution >= 0.6 is 0 Å². The predicted octanol–water partition coefficient (Wildman–Crippen LogP) is -0.523. The maximum Gasteiger partial charge on any atom is 1.00 e. The van der Waals surface area contributed by atoms with Crippen LogP contribution in [-0.2, 0) is 6.54 Å². The number of carboxylic acids is 1. The van der Waals surface area contributed by atoms with Crippen molar-refractivity contribution in [3.8, 4) is 11.3 Å². The van der Waals surface area contributed by atoms with Crippen molar-refractivity contribution >= 4 is 5.97 Å². The van der Waals surface area contributed by atoms with E-state index in [-0.39, 0.29) is 38.0 Å². The van der Waals surface area contributed by atoms with Gasteiger partial charge >= 0.3 is 24.8 Å². The van der Waals surface area contributed by atoms with Crippen molar-refractivity contribution in [1.29, 1.82) is 0 Å². The van der Waals surface area contributed by atoms with E-state index in [1.807, 2.05) is 19.1 Å². The number of benzene rings is 1. The van der Waals surface area contributed by atoms with Crippen LogP contribution in [0, 0.1) is 6.92 Å². The smallest absolute Gasteiger partial charge is 1.00 e. The van der Waals surface area contributed by atoms with Gasteiger partial charge in [0, 0.05) is 24.0 Å². The summed E-state index contributed by atoms with van der Waals surface area (Å²) in [7, 11) is 0. The maximum absolute atomic E-state index is 12.2. The second-order valence-corrected chi connectivity index (χ2v) is 5.42. The van der Waals surface area contributed by atoms with Gasteiger partial charge < -0.3 is 6.53 Å². The Balaban J connectivity index is 0.00000169. The van der Waals surface area contributed by atoms with Crippen LogP contribution < -0.4 is 24.4 Å². The summed E-state index contributed by atoms with van der Waals surface area (Å²) < 4.78 is 1.33. The van der Waals surface area contributed by atoms with E-state index in [1.165, 1.54) is 16.8 Å². The molecule has 0 bridgehead atoms. The zero-order chi connectivity index (χ0) is 17.1. The molecule has 0 saturated carbocycles. The molecule has 0 radical (unpaired) electrons. The molecule has 0 spiro atoms. The summed E-state index contributed by atoms with van der Waals surface area (Å²) in [5.74, 6) is -1.00. The summed E-state index contributed by atoms with van der Waals surface area (Å²) in [6, 6.07) is 11.7. The second kappa shape index (κ2) is 7.93. The number of nitrogens with zero attached hydrogens (tertiary/aromatic N) is 3. The summed E-state index contributed by atoms with van der Waals surface area (Å²) >= 11 is 0. The predicted molar refractivity (Wildman–Crippen MR) is 90.1 cm³/mol. The Hall–Kier alpha value is -2.68. The summed E-state index contributed by atoms with van der Waals surface area (Å²) in [6.45, 7) is 2.03. The molecule has 122 valence electrons. The van der Waals surface area contributed by atoms with Gasteiger partial charge in [0.1, 0.15) is 0 Å². The first kappa shape index (κ1) is 18.7. The van der Waals surface area contributed by atoms with Crippen molar-refractivity contribution in [1.82, 2.24) is 14.8 Å². The topological polar surface area (TPSA) is 85.1 Å². The zero-order valence-corrected chi connectivity index (χ0v) is 14.0. The largest absolute Gasteiger partial charge is 1.00 e. The Kier molecular flexibility index (Phi) is 5.91. The van der Waals surface area contributed by atoms with Gasteiger partial charge in [-0.25, -0.2) is 9.48 Å². The molecule has 3 aromatic rings. The molecule has 1 N–H and O–H groups in total. The molecule has 2 aromatic heterocycles. The van der Waals surface area contributed by atoms with Crippen LogP contribution in [-0.4, -0.2) is 25.8 Å². The second-order valence-electron chi connectivity index (χ2n) is 5.42. The molecule has 0 aliphatic rings. The average molecular weight is 329 g/mol. The van der Waals surface area contributed by atoms with Crippen molar-refractivity contribution in [2.24, 2.45) is 0 Å². The molecule has 0 aliphatic carbocycles. The van der Waals surface area contributed by atoms with Crippen molar-refractivity contribution in [3.05, 3.63) is 81.9 Å². The van der Waals surface area contributed by atoms with E-state index in [4.69, 9.17) is 5.11 Å². The first-order valence-corrected chi connectivity index (χ1v) is 7.36. The minimum Gasteiger partial charge on any atom is -1.00 e. The number of aryl methyl sites for hydroxylation is 1. The van der Waals surface area contributed by atoms with Crippen molar-refractivity contribution in [2.75, 3.05) is 0 Å². The van der Waals surface area contributed by atoms with E-state index < -0.39 is 5.97 Å². The molecule has 7 heteroatoms. The molecule has 0 amide bonds. The van der Waals surface area contributed by atoms with E-state index in [2.05, 4.69) is 10.1 Å². The van der Waals surface area contributed by atoms with Crippen LogP contribution in [0.25, 0.3) is 11.3 Å². The summed E-state index contributed by atoms with van der Waals surface area (Å²) in [5, 5.41) is 13.5. The summed E-state index contributed by atoms with van der Waals surface area (Å²) in [6.07, 6.45) is 3.36. The number of aromatic nitrogens is 3. The zero-order valence-electron chi connectivity index (χ0n) is 15.0. The third-order valence-corrected chi connectivity index (χ3v) is 3.63. The number of hydrogen-bond donors (Lipinski definition) is 1. The fraction of sp³-hybridized carbons (Fsp3) is 0.111. The number of carboxylic acid groups (broad SMARTS) is 1. The normalized spacial score (nSPS) is 10.1. The van der Waals surface area contributed by atoms with Crippen LogP contribution in [0.2, 0.25) is 0 Å². The van der Waals surface area contributed by atoms with Crippen LogP contribution in [0.4, 0.5) is 0 Å². The Bertz CT molecular complexity index is 961. The van der Waals surface area contributed by atoms with Crippen LogP contribution in [0.1, 0.15) is 22.9 Å². The van der Waals surface area contributed by atoms with E-state index >= 15 is 0 Å². The third-order valence-electron chi connectivity index (χ3n) is 3.63. The van der Waals surface area contributed by atoms with E-state index in [1.54, 1.807) is 30.6 Å². The van der Waals surface area contributed by atoms with Gasteiger partial charge in [0.05, 0.1) is 17.8 Å². The summed E-state index contributed by atoms with van der Waals surface area (Å²) in [5.41, 5.74) is 2.91. The van der Waals surface area contributed by atoms with Gasteiger partial charge in [-0.15, -0.1) is 0 Å². The maximum atomic E-state index is 12.2. The van der Waals surface area contributed by atoms with Gasteiger partial charge in [0.2, 0.25) is 0 Å². The van der Waals surface area contributed by atoms with Crippen LogP contribution in [0.15, 0.2) is 59.7 Å². The number of hydrogen-bond acceptors (Lipinski definition) is 4. The molecular formula is C18H16LiN3O3. The molecule has 6 nitrogen and oxygen atoms in total. The third kappa shape index (κ3) is 4.24. The molecule has 0 fully saturated rings. The molecule has 2 heterocycles. The van der Waals surface area contributed by atoms with Gasteiger partial charge in [-0.05, 0) is 42.3 Å². The average Bonchev–Trinajstić information content (AvgIpc) is 2.58. The van der Waals surface area contributed by atoms with Gasteiger partial charge in [-0.2, -0.15) is 5.10 Å². The van der Waals surface area contributed by atoms with Crippen molar-refractivity contribution in [3.63, 3.8) is 0 Å². The van der Waals surface area contributed by atoms with Crippen LogP contribution in [0.5, 0.6) is 0 Å². The number of rotatable bonds is 4. The Morgan fingerprint density at radius 1 is 1.24 bits per heavy atom. The molecule has 0 unspecified atom stereocenters. The van der Waals surface area contributed by atoms with Gasteiger partial charge in [-0.3, -0.25) is 9.78 Å². The van der Waals surface area contributed by atoms with Crippen molar-refractivity contribution in [2.45, 2.75) is 13.5 Å². The van der Waals surface area contributed by atoms with E-state index in [0.717, 1.165) is 11.1 Å². The van der Waals surface area contributed by atoms with Gasteiger partial charge in [-0.1, -0.05) is 12.1 Å². The number of pyridine rings is 1.